The Labute approximate surface area is 141 Å². The number of hydrogen-bond acceptors (Lipinski definition) is 2. The fourth-order valence-electron chi connectivity index (χ4n) is 2.52. The van der Waals surface area contributed by atoms with Gasteiger partial charge in [0.1, 0.15) is 11.6 Å². The highest BCUT2D eigenvalue weighted by Gasteiger charge is 2.18. The zero-order valence-electron chi connectivity index (χ0n) is 13.7. The average molecular weight is 353 g/mol. The fourth-order valence-corrected chi connectivity index (χ4v) is 3.87. The summed E-state index contributed by atoms with van der Waals surface area (Å²) < 4.78 is 54.3. The van der Waals surface area contributed by atoms with Crippen molar-refractivity contribution >= 4 is 10.0 Å². The van der Waals surface area contributed by atoms with Gasteiger partial charge in [-0.1, -0.05) is 32.4 Å². The van der Waals surface area contributed by atoms with Gasteiger partial charge in [-0.3, -0.25) is 0 Å². The third kappa shape index (κ3) is 4.39. The predicted molar refractivity (Wildman–Crippen MR) is 91.1 cm³/mol. The summed E-state index contributed by atoms with van der Waals surface area (Å²) in [4.78, 5) is 0.128. The van der Waals surface area contributed by atoms with Crippen molar-refractivity contribution in [1.29, 1.82) is 0 Å². The van der Waals surface area contributed by atoms with E-state index in [-0.39, 0.29) is 16.5 Å². The van der Waals surface area contributed by atoms with Crippen molar-refractivity contribution in [3.63, 3.8) is 0 Å². The lowest BCUT2D eigenvalue weighted by Crippen LogP contribution is -2.34. The molecule has 0 fully saturated rings. The molecule has 0 spiro atoms. The molecular weight excluding hydrogens is 332 g/mol. The van der Waals surface area contributed by atoms with Crippen molar-refractivity contribution in [1.82, 2.24) is 4.72 Å². The summed E-state index contributed by atoms with van der Waals surface area (Å²) in [6, 6.07) is 9.10. The number of hydrogen-bond donors (Lipinski definition) is 1. The molecule has 0 saturated carbocycles. The predicted octanol–water partition coefficient (Wildman–Crippen LogP) is 4.49. The van der Waals surface area contributed by atoms with E-state index in [1.807, 2.05) is 13.8 Å². The van der Waals surface area contributed by atoms with E-state index in [0.717, 1.165) is 18.9 Å². The van der Waals surface area contributed by atoms with Crippen LogP contribution in [0, 0.1) is 11.6 Å². The van der Waals surface area contributed by atoms with Crippen LogP contribution in [0.2, 0.25) is 0 Å². The van der Waals surface area contributed by atoms with Crippen LogP contribution in [0.3, 0.4) is 0 Å². The van der Waals surface area contributed by atoms with E-state index in [1.54, 1.807) is 0 Å². The molecule has 0 unspecified atom stereocenters. The first-order valence-electron chi connectivity index (χ1n) is 7.95. The molecule has 6 heteroatoms. The van der Waals surface area contributed by atoms with Crippen LogP contribution < -0.4 is 4.72 Å². The van der Waals surface area contributed by atoms with Gasteiger partial charge in [0.15, 0.2) is 0 Å². The van der Waals surface area contributed by atoms with Gasteiger partial charge in [0.2, 0.25) is 10.0 Å². The quantitative estimate of drug-likeness (QED) is 0.797. The first-order valence-corrected chi connectivity index (χ1v) is 9.43. The lowest BCUT2D eigenvalue weighted by molar-refractivity contribution is 0.512. The zero-order valence-corrected chi connectivity index (χ0v) is 14.5. The first-order chi connectivity index (χ1) is 11.4. The van der Waals surface area contributed by atoms with Crippen molar-refractivity contribution in [3.05, 3.63) is 54.1 Å². The number of nitrogens with one attached hydrogen (secondary N) is 1. The van der Waals surface area contributed by atoms with Crippen LogP contribution in [0.4, 0.5) is 8.78 Å². The lowest BCUT2D eigenvalue weighted by atomic mass is 10.1. The molecule has 130 valence electrons. The summed E-state index contributed by atoms with van der Waals surface area (Å²) in [6.45, 7) is 3.94. The zero-order chi connectivity index (χ0) is 17.7. The van der Waals surface area contributed by atoms with Gasteiger partial charge in [-0.2, -0.15) is 0 Å². The largest absolute Gasteiger partial charge is 0.240 e. The van der Waals surface area contributed by atoms with E-state index in [0.29, 0.717) is 12.0 Å². The molecule has 0 saturated heterocycles. The van der Waals surface area contributed by atoms with Gasteiger partial charge in [-0.25, -0.2) is 21.9 Å². The SMILES string of the molecule is CCC[C@@H](CC)NS(=O)(=O)c1ccc(-c2ccc(F)cc2F)cc1. The van der Waals surface area contributed by atoms with Crippen molar-refractivity contribution < 1.29 is 17.2 Å². The van der Waals surface area contributed by atoms with Crippen molar-refractivity contribution in [2.75, 3.05) is 0 Å². The maximum atomic E-state index is 13.8. The van der Waals surface area contributed by atoms with E-state index >= 15 is 0 Å². The van der Waals surface area contributed by atoms with Crippen LogP contribution >= 0.6 is 0 Å². The van der Waals surface area contributed by atoms with Crippen LogP contribution in [0.15, 0.2) is 47.4 Å². The molecule has 0 heterocycles. The van der Waals surface area contributed by atoms with Gasteiger partial charge < -0.3 is 0 Å². The molecule has 2 aromatic rings. The number of sulfonamides is 1. The molecule has 0 aliphatic rings. The minimum absolute atomic E-state index is 0.103. The highest BCUT2D eigenvalue weighted by Crippen LogP contribution is 2.25. The minimum Gasteiger partial charge on any atom is -0.208 e. The Balaban J connectivity index is 2.25. The van der Waals surface area contributed by atoms with Crippen LogP contribution in [0.25, 0.3) is 11.1 Å². The Kier molecular flexibility index (Phi) is 6.07. The summed E-state index contributed by atoms with van der Waals surface area (Å²) in [5.41, 5.74) is 0.720. The Morgan fingerprint density at radius 1 is 1.04 bits per heavy atom. The van der Waals surface area contributed by atoms with Crippen LogP contribution in [-0.2, 0) is 10.0 Å². The van der Waals surface area contributed by atoms with Crippen molar-refractivity contribution in [3.8, 4) is 11.1 Å². The average Bonchev–Trinajstić information content (AvgIpc) is 2.54. The van der Waals surface area contributed by atoms with Crippen LogP contribution in [0.5, 0.6) is 0 Å². The molecule has 0 radical (unpaired) electrons. The molecule has 0 bridgehead atoms. The van der Waals surface area contributed by atoms with Crippen molar-refractivity contribution in [2.45, 2.75) is 44.0 Å². The fraction of sp³-hybridized carbons (Fsp3) is 0.333. The Bertz CT molecular complexity index is 789. The third-order valence-electron chi connectivity index (χ3n) is 3.86. The smallest absolute Gasteiger partial charge is 0.208 e. The maximum absolute atomic E-state index is 13.8. The summed E-state index contributed by atoms with van der Waals surface area (Å²) in [5.74, 6) is -1.33. The summed E-state index contributed by atoms with van der Waals surface area (Å²) in [5, 5.41) is 0. The molecule has 0 aromatic heterocycles. The first kappa shape index (κ1) is 18.5. The minimum atomic E-state index is -3.61. The maximum Gasteiger partial charge on any atom is 0.240 e. The molecule has 0 amide bonds. The molecule has 1 atom stereocenters. The second-order valence-corrected chi connectivity index (χ2v) is 7.38. The normalized spacial score (nSPS) is 13.0. The van der Waals surface area contributed by atoms with Gasteiger partial charge in [-0.05, 0) is 42.7 Å². The molecule has 2 aromatic carbocycles. The lowest BCUT2D eigenvalue weighted by Gasteiger charge is -2.16. The monoisotopic (exact) mass is 353 g/mol. The van der Waals surface area contributed by atoms with Crippen LogP contribution in [0.1, 0.15) is 33.1 Å². The Hall–Kier alpha value is -1.79. The van der Waals surface area contributed by atoms with Crippen LogP contribution in [-0.4, -0.2) is 14.5 Å². The molecule has 24 heavy (non-hydrogen) atoms. The second-order valence-electron chi connectivity index (χ2n) is 5.66. The molecule has 0 aliphatic heterocycles. The third-order valence-corrected chi connectivity index (χ3v) is 5.39. The molecule has 1 N–H and O–H groups in total. The van der Waals surface area contributed by atoms with Gasteiger partial charge in [-0.15, -0.1) is 0 Å². The van der Waals surface area contributed by atoms with Gasteiger partial charge in [0.25, 0.3) is 0 Å². The highest BCUT2D eigenvalue weighted by atomic mass is 32.2. The summed E-state index contributed by atoms with van der Waals surface area (Å²) in [7, 11) is -3.61. The van der Waals surface area contributed by atoms with E-state index in [9.17, 15) is 17.2 Å². The topological polar surface area (TPSA) is 46.2 Å². The van der Waals surface area contributed by atoms with E-state index in [2.05, 4.69) is 4.72 Å². The summed E-state index contributed by atoms with van der Waals surface area (Å²) >= 11 is 0. The van der Waals surface area contributed by atoms with Gasteiger partial charge in [0.05, 0.1) is 4.90 Å². The Morgan fingerprint density at radius 2 is 1.71 bits per heavy atom. The number of benzene rings is 2. The molecule has 0 aliphatic carbocycles. The number of rotatable bonds is 7. The van der Waals surface area contributed by atoms with E-state index < -0.39 is 21.7 Å². The highest BCUT2D eigenvalue weighted by molar-refractivity contribution is 7.89. The standard InChI is InChI=1S/C18H21F2NO2S/c1-3-5-15(4-2)21-24(22,23)16-9-6-13(7-10-16)17-11-8-14(19)12-18(17)20/h6-12,15,21H,3-5H2,1-2H3/t15-/m1/s1. The molecular formula is C18H21F2NO2S. The number of halogens is 2. The van der Waals surface area contributed by atoms with Gasteiger partial charge in [0, 0.05) is 17.7 Å². The van der Waals surface area contributed by atoms with Gasteiger partial charge >= 0.3 is 0 Å². The van der Waals surface area contributed by atoms with E-state index in [4.69, 9.17) is 0 Å². The molecule has 3 nitrogen and oxygen atoms in total. The molecule has 2 rings (SSSR count). The summed E-state index contributed by atoms with van der Waals surface area (Å²) in [6.07, 6.45) is 2.38. The van der Waals surface area contributed by atoms with Crippen molar-refractivity contribution in [2.24, 2.45) is 0 Å². The Morgan fingerprint density at radius 3 is 2.25 bits per heavy atom. The van der Waals surface area contributed by atoms with E-state index in [1.165, 1.54) is 36.4 Å². The second kappa shape index (κ2) is 7.85.